The number of carbonyl (C=O) groups excluding carboxylic acids is 1. The monoisotopic (exact) mass is 298 g/mol. The van der Waals surface area contributed by atoms with E-state index in [4.69, 9.17) is 4.42 Å². The maximum Gasteiger partial charge on any atom is 0.277 e. The molecule has 0 aliphatic rings. The maximum absolute atomic E-state index is 11.3. The summed E-state index contributed by atoms with van der Waals surface area (Å²) in [5, 5.41) is 12.0. The van der Waals surface area contributed by atoms with Gasteiger partial charge in [0.15, 0.2) is 0 Å². The highest BCUT2D eigenvalue weighted by molar-refractivity contribution is 7.99. The van der Waals surface area contributed by atoms with Gasteiger partial charge >= 0.3 is 0 Å². The second-order valence-electron chi connectivity index (χ2n) is 3.76. The number of rotatable bonds is 5. The molecule has 2 rings (SSSR count). The Morgan fingerprint density at radius 2 is 2.21 bits per heavy atom. The highest BCUT2D eigenvalue weighted by Crippen LogP contribution is 2.30. The molecule has 19 heavy (non-hydrogen) atoms. The average molecular weight is 298 g/mol. The summed E-state index contributed by atoms with van der Waals surface area (Å²) in [7, 11) is 0. The van der Waals surface area contributed by atoms with Gasteiger partial charge in [0.2, 0.25) is 5.91 Å². The first kappa shape index (κ1) is 14.0. The summed E-state index contributed by atoms with van der Waals surface area (Å²) in [5.41, 5.74) is 0.881. The van der Waals surface area contributed by atoms with Gasteiger partial charge < -0.3 is 9.73 Å². The number of aromatic nitrogens is 3. The number of aryl methyl sites for hydroxylation is 2. The quantitative estimate of drug-likeness (QED) is 0.851. The molecule has 2 aromatic heterocycles. The van der Waals surface area contributed by atoms with Gasteiger partial charge in [-0.2, -0.15) is 0 Å². The third kappa shape index (κ3) is 3.54. The molecular formula is C11H14N4O2S2. The highest BCUT2D eigenvalue weighted by Gasteiger charge is 2.15. The lowest BCUT2D eigenvalue weighted by Gasteiger charge is -1.97. The molecule has 8 heteroatoms. The molecule has 1 N–H and O–H groups in total. The van der Waals surface area contributed by atoms with Crippen LogP contribution in [0.25, 0.3) is 10.8 Å². The van der Waals surface area contributed by atoms with Gasteiger partial charge in [-0.05, 0) is 20.8 Å². The topological polar surface area (TPSA) is 80.9 Å². The Bertz CT molecular complexity index is 579. The summed E-state index contributed by atoms with van der Waals surface area (Å²) >= 11 is 2.75. The summed E-state index contributed by atoms with van der Waals surface area (Å²) in [6.07, 6.45) is 0. The van der Waals surface area contributed by atoms with Crippen molar-refractivity contribution in [2.45, 2.75) is 26.0 Å². The van der Waals surface area contributed by atoms with Crippen LogP contribution in [0.5, 0.6) is 0 Å². The van der Waals surface area contributed by atoms with Crippen molar-refractivity contribution >= 4 is 29.0 Å². The summed E-state index contributed by atoms with van der Waals surface area (Å²) in [5.74, 6) is 0.689. The minimum Gasteiger partial charge on any atom is -0.410 e. The van der Waals surface area contributed by atoms with Gasteiger partial charge in [0, 0.05) is 6.54 Å². The molecule has 1 amide bonds. The van der Waals surface area contributed by atoms with Gasteiger partial charge in [-0.3, -0.25) is 4.79 Å². The zero-order valence-electron chi connectivity index (χ0n) is 10.9. The summed E-state index contributed by atoms with van der Waals surface area (Å²) in [6, 6.07) is 0. The lowest BCUT2D eigenvalue weighted by Crippen LogP contribution is -2.24. The number of thioether (sulfide) groups is 1. The van der Waals surface area contributed by atoms with Crippen LogP contribution in [0.15, 0.2) is 9.64 Å². The Hall–Kier alpha value is -1.41. The van der Waals surface area contributed by atoms with Gasteiger partial charge in [-0.15, -0.1) is 21.5 Å². The van der Waals surface area contributed by atoms with Crippen LogP contribution in [0, 0.1) is 13.8 Å². The van der Waals surface area contributed by atoms with Crippen molar-refractivity contribution in [1.82, 2.24) is 20.5 Å². The van der Waals surface area contributed by atoms with Crippen molar-refractivity contribution in [2.24, 2.45) is 0 Å². The summed E-state index contributed by atoms with van der Waals surface area (Å²) in [6.45, 7) is 6.34. The second kappa shape index (κ2) is 6.16. The van der Waals surface area contributed by atoms with E-state index in [1.54, 1.807) is 0 Å². The molecule has 102 valence electrons. The van der Waals surface area contributed by atoms with Crippen molar-refractivity contribution in [3.8, 4) is 10.8 Å². The van der Waals surface area contributed by atoms with E-state index < -0.39 is 0 Å². The van der Waals surface area contributed by atoms with Crippen molar-refractivity contribution in [3.63, 3.8) is 0 Å². The van der Waals surface area contributed by atoms with E-state index in [1.165, 1.54) is 23.1 Å². The van der Waals surface area contributed by atoms with Gasteiger partial charge in [0.25, 0.3) is 11.1 Å². The fourth-order valence-electron chi connectivity index (χ4n) is 1.47. The molecule has 0 saturated heterocycles. The normalized spacial score (nSPS) is 10.7. The lowest BCUT2D eigenvalue weighted by molar-refractivity contribution is -0.118. The van der Waals surface area contributed by atoms with Gasteiger partial charge in [-0.25, -0.2) is 4.98 Å². The molecule has 0 unspecified atom stereocenters. The van der Waals surface area contributed by atoms with Crippen LogP contribution in [0.3, 0.4) is 0 Å². The molecule has 2 heterocycles. The molecular weight excluding hydrogens is 284 g/mol. The van der Waals surface area contributed by atoms with E-state index in [1.807, 2.05) is 20.8 Å². The van der Waals surface area contributed by atoms with Crippen LogP contribution in [0.1, 0.15) is 17.6 Å². The summed E-state index contributed by atoms with van der Waals surface area (Å²) < 4.78 is 5.52. The standard InChI is InChI=1S/C11H14N4O2S2/c1-4-12-8(16)5-18-11-15-14-10(17-11)9-6(2)13-7(3)19-9/h4-5H2,1-3H3,(H,12,16). The summed E-state index contributed by atoms with van der Waals surface area (Å²) in [4.78, 5) is 16.5. The second-order valence-corrected chi connectivity index (χ2v) is 5.89. The van der Waals surface area contributed by atoms with Crippen molar-refractivity contribution in [2.75, 3.05) is 12.3 Å². The van der Waals surface area contributed by atoms with Crippen LogP contribution in [0.4, 0.5) is 0 Å². The first-order chi connectivity index (χ1) is 9.10. The van der Waals surface area contributed by atoms with Crippen molar-refractivity contribution < 1.29 is 9.21 Å². The molecule has 0 aliphatic heterocycles. The smallest absolute Gasteiger partial charge is 0.277 e. The van der Waals surface area contributed by atoms with E-state index in [0.717, 1.165) is 15.6 Å². The van der Waals surface area contributed by atoms with E-state index in [-0.39, 0.29) is 11.7 Å². The van der Waals surface area contributed by atoms with Crippen LogP contribution < -0.4 is 5.32 Å². The molecule has 0 radical (unpaired) electrons. The van der Waals surface area contributed by atoms with E-state index in [2.05, 4.69) is 20.5 Å². The molecule has 0 bridgehead atoms. The van der Waals surface area contributed by atoms with Crippen molar-refractivity contribution in [3.05, 3.63) is 10.7 Å². The number of hydrogen-bond acceptors (Lipinski definition) is 7. The number of thiazole rings is 1. The largest absolute Gasteiger partial charge is 0.410 e. The molecule has 2 aromatic rings. The molecule has 0 atom stereocenters. The molecule has 0 aromatic carbocycles. The van der Waals surface area contributed by atoms with E-state index in [9.17, 15) is 4.79 Å². The van der Waals surface area contributed by atoms with Gasteiger partial charge in [0.1, 0.15) is 4.88 Å². The third-order valence-corrected chi connectivity index (χ3v) is 4.08. The van der Waals surface area contributed by atoms with Gasteiger partial charge in [-0.1, -0.05) is 11.8 Å². The first-order valence-corrected chi connectivity index (χ1v) is 7.57. The predicted octanol–water partition coefficient (Wildman–Crippen LogP) is 2.04. The predicted molar refractivity (Wildman–Crippen MR) is 74.3 cm³/mol. The minimum absolute atomic E-state index is 0.0444. The maximum atomic E-state index is 11.3. The Morgan fingerprint density at radius 3 is 2.84 bits per heavy atom. The molecule has 0 saturated carbocycles. The fourth-order valence-corrected chi connectivity index (χ4v) is 2.90. The number of amides is 1. The van der Waals surface area contributed by atoms with Crippen LogP contribution in [-0.4, -0.2) is 33.4 Å². The highest BCUT2D eigenvalue weighted by atomic mass is 32.2. The van der Waals surface area contributed by atoms with Crippen LogP contribution in [-0.2, 0) is 4.79 Å². The number of nitrogens with one attached hydrogen (secondary N) is 1. The van der Waals surface area contributed by atoms with Gasteiger partial charge in [0.05, 0.1) is 16.5 Å². The Kier molecular flexibility index (Phi) is 4.54. The molecule has 6 nitrogen and oxygen atoms in total. The van der Waals surface area contributed by atoms with Crippen LogP contribution >= 0.6 is 23.1 Å². The average Bonchev–Trinajstić information content (AvgIpc) is 2.93. The number of nitrogens with zero attached hydrogens (tertiary/aromatic N) is 3. The zero-order chi connectivity index (χ0) is 13.8. The third-order valence-electron chi connectivity index (χ3n) is 2.20. The Balaban J connectivity index is 2.03. The van der Waals surface area contributed by atoms with Crippen LogP contribution in [0.2, 0.25) is 0 Å². The first-order valence-electron chi connectivity index (χ1n) is 5.77. The molecule has 0 fully saturated rings. The Morgan fingerprint density at radius 1 is 1.42 bits per heavy atom. The minimum atomic E-state index is -0.0444. The van der Waals surface area contributed by atoms with Crippen molar-refractivity contribution in [1.29, 1.82) is 0 Å². The van der Waals surface area contributed by atoms with E-state index >= 15 is 0 Å². The number of carbonyl (C=O) groups is 1. The zero-order valence-corrected chi connectivity index (χ0v) is 12.5. The Labute approximate surface area is 119 Å². The van der Waals surface area contributed by atoms with E-state index in [0.29, 0.717) is 17.7 Å². The SMILES string of the molecule is CCNC(=O)CSc1nnc(-c2sc(C)nc2C)o1. The lowest BCUT2D eigenvalue weighted by atomic mass is 10.4. The fraction of sp³-hybridized carbons (Fsp3) is 0.455. The molecule has 0 spiro atoms. The number of hydrogen-bond donors (Lipinski definition) is 1. The molecule has 0 aliphatic carbocycles.